The van der Waals surface area contributed by atoms with Gasteiger partial charge < -0.3 is 10.8 Å². The van der Waals surface area contributed by atoms with Crippen LogP contribution in [0.15, 0.2) is 17.0 Å². The first-order chi connectivity index (χ1) is 6.93. The number of nitrogens with two attached hydrogens (primary N) is 1. The van der Waals surface area contributed by atoms with E-state index in [-0.39, 0.29) is 16.5 Å². The zero-order valence-corrected chi connectivity index (χ0v) is 9.27. The number of hydrogen-bond acceptors (Lipinski definition) is 3. The fourth-order valence-electron chi connectivity index (χ4n) is 1.15. The van der Waals surface area contributed by atoms with Gasteiger partial charge in [0.15, 0.2) is 0 Å². The molecule has 3 nitrogen and oxygen atoms in total. The average molecular weight is 229 g/mol. The molecule has 15 heavy (non-hydrogen) atoms. The number of rotatable bonds is 3. The molecule has 3 N–H and O–H groups in total. The lowest BCUT2D eigenvalue weighted by Crippen LogP contribution is -2.07. The topological polar surface area (TPSA) is 63.3 Å². The summed E-state index contributed by atoms with van der Waals surface area (Å²) < 4.78 is 13.1. The molecule has 0 fully saturated rings. The van der Waals surface area contributed by atoms with Crippen LogP contribution >= 0.6 is 11.8 Å². The Kier molecular flexibility index (Phi) is 3.57. The molecule has 0 aliphatic rings. The molecule has 5 heteroatoms. The van der Waals surface area contributed by atoms with Crippen molar-refractivity contribution in [1.82, 2.24) is 0 Å². The lowest BCUT2D eigenvalue weighted by Gasteiger charge is -2.10. The fraction of sp³-hybridized carbons (Fsp3) is 0.300. The SMILES string of the molecule is CC(C)Sc1ccc(F)c(N)c1C(=O)O. The van der Waals surface area contributed by atoms with Gasteiger partial charge >= 0.3 is 5.97 Å². The molecule has 0 aliphatic heterocycles. The minimum absolute atomic E-state index is 0.145. The van der Waals surface area contributed by atoms with Crippen LogP contribution in [0.1, 0.15) is 24.2 Å². The average Bonchev–Trinajstić information content (AvgIpc) is 2.10. The van der Waals surface area contributed by atoms with E-state index in [4.69, 9.17) is 10.8 Å². The van der Waals surface area contributed by atoms with E-state index in [0.29, 0.717) is 4.90 Å². The molecule has 0 amide bonds. The lowest BCUT2D eigenvalue weighted by atomic mass is 10.2. The van der Waals surface area contributed by atoms with Crippen molar-refractivity contribution < 1.29 is 14.3 Å². The Hall–Kier alpha value is -1.23. The van der Waals surface area contributed by atoms with Gasteiger partial charge in [0, 0.05) is 10.1 Å². The highest BCUT2D eigenvalue weighted by atomic mass is 32.2. The predicted octanol–water partition coefficient (Wildman–Crippen LogP) is 2.61. The van der Waals surface area contributed by atoms with Crippen LogP contribution in [0.4, 0.5) is 10.1 Å². The van der Waals surface area contributed by atoms with Crippen LogP contribution in [0, 0.1) is 5.82 Å². The van der Waals surface area contributed by atoms with Crippen LogP contribution in [0.25, 0.3) is 0 Å². The van der Waals surface area contributed by atoms with Gasteiger partial charge in [0.2, 0.25) is 0 Å². The molecule has 0 atom stereocenters. The Bertz CT molecular complexity index is 393. The van der Waals surface area contributed by atoms with Crippen molar-refractivity contribution >= 4 is 23.4 Å². The van der Waals surface area contributed by atoms with Gasteiger partial charge in [-0.15, -0.1) is 11.8 Å². The smallest absolute Gasteiger partial charge is 0.339 e. The van der Waals surface area contributed by atoms with Crippen LogP contribution in [-0.2, 0) is 0 Å². The Labute approximate surface area is 91.5 Å². The van der Waals surface area contributed by atoms with Crippen molar-refractivity contribution in [2.24, 2.45) is 0 Å². The molecule has 82 valence electrons. The van der Waals surface area contributed by atoms with E-state index in [1.807, 2.05) is 13.8 Å². The number of thioether (sulfide) groups is 1. The summed E-state index contributed by atoms with van der Waals surface area (Å²) in [6.07, 6.45) is 0. The molecule has 0 bridgehead atoms. The number of nitrogen functional groups attached to an aromatic ring is 1. The van der Waals surface area contributed by atoms with E-state index in [2.05, 4.69) is 0 Å². The number of carboxylic acid groups (broad SMARTS) is 1. The van der Waals surface area contributed by atoms with Gasteiger partial charge in [-0.05, 0) is 12.1 Å². The first kappa shape index (κ1) is 11.8. The molecule has 0 aromatic heterocycles. The highest BCUT2D eigenvalue weighted by molar-refractivity contribution is 8.00. The molecular formula is C10H12FNO2S. The van der Waals surface area contributed by atoms with Gasteiger partial charge in [-0.25, -0.2) is 9.18 Å². The van der Waals surface area contributed by atoms with Crippen molar-refractivity contribution in [3.05, 3.63) is 23.5 Å². The van der Waals surface area contributed by atoms with E-state index in [1.165, 1.54) is 23.9 Å². The van der Waals surface area contributed by atoms with Crippen molar-refractivity contribution in [1.29, 1.82) is 0 Å². The van der Waals surface area contributed by atoms with Gasteiger partial charge in [0.1, 0.15) is 5.82 Å². The first-order valence-electron chi connectivity index (χ1n) is 4.41. The maximum atomic E-state index is 13.1. The maximum absolute atomic E-state index is 13.1. The molecule has 1 rings (SSSR count). The highest BCUT2D eigenvalue weighted by Gasteiger charge is 2.18. The zero-order chi connectivity index (χ0) is 11.6. The summed E-state index contributed by atoms with van der Waals surface area (Å²) in [5, 5.41) is 9.14. The van der Waals surface area contributed by atoms with Crippen molar-refractivity contribution in [2.45, 2.75) is 24.0 Å². The number of carbonyl (C=O) groups is 1. The molecular weight excluding hydrogens is 217 g/mol. The fourth-order valence-corrected chi connectivity index (χ4v) is 2.12. The number of carboxylic acids is 1. The first-order valence-corrected chi connectivity index (χ1v) is 5.29. The largest absolute Gasteiger partial charge is 0.478 e. The normalized spacial score (nSPS) is 10.7. The third-order valence-corrected chi connectivity index (χ3v) is 2.80. The minimum atomic E-state index is -1.20. The van der Waals surface area contributed by atoms with Crippen molar-refractivity contribution in [3.8, 4) is 0 Å². The third kappa shape index (κ3) is 2.62. The van der Waals surface area contributed by atoms with Crippen LogP contribution < -0.4 is 5.73 Å². The highest BCUT2D eigenvalue weighted by Crippen LogP contribution is 2.31. The zero-order valence-electron chi connectivity index (χ0n) is 8.45. The van der Waals surface area contributed by atoms with Gasteiger partial charge in [-0.3, -0.25) is 0 Å². The summed E-state index contributed by atoms with van der Waals surface area (Å²) in [5.74, 6) is -1.89. The van der Waals surface area contributed by atoms with Crippen molar-refractivity contribution in [3.63, 3.8) is 0 Å². The van der Waals surface area contributed by atoms with Crippen LogP contribution in [-0.4, -0.2) is 16.3 Å². The molecule has 0 aliphatic carbocycles. The number of anilines is 1. The molecule has 0 spiro atoms. The van der Waals surface area contributed by atoms with Crippen LogP contribution in [0.3, 0.4) is 0 Å². The number of halogens is 1. The summed E-state index contributed by atoms with van der Waals surface area (Å²) in [7, 11) is 0. The standard InChI is InChI=1S/C10H12FNO2S/c1-5(2)15-7-4-3-6(11)9(12)8(7)10(13)14/h3-5H,12H2,1-2H3,(H,13,14). The van der Waals surface area contributed by atoms with Gasteiger partial charge in [-0.2, -0.15) is 0 Å². The molecule has 0 radical (unpaired) electrons. The van der Waals surface area contributed by atoms with Gasteiger partial charge in [0.25, 0.3) is 0 Å². The summed E-state index contributed by atoms with van der Waals surface area (Å²) in [5.41, 5.74) is 4.95. The monoisotopic (exact) mass is 229 g/mol. The van der Waals surface area contributed by atoms with Crippen LogP contribution in [0.2, 0.25) is 0 Å². The van der Waals surface area contributed by atoms with E-state index in [1.54, 1.807) is 0 Å². The molecule has 0 unspecified atom stereocenters. The van der Waals surface area contributed by atoms with E-state index < -0.39 is 11.8 Å². The summed E-state index contributed by atoms with van der Waals surface area (Å²) in [6.45, 7) is 3.85. The van der Waals surface area contributed by atoms with Gasteiger partial charge in [-0.1, -0.05) is 13.8 Å². The van der Waals surface area contributed by atoms with E-state index >= 15 is 0 Å². The second kappa shape index (κ2) is 4.53. The molecule has 0 heterocycles. The Morgan fingerprint density at radius 2 is 2.13 bits per heavy atom. The molecule has 0 saturated carbocycles. The van der Waals surface area contributed by atoms with Gasteiger partial charge in [0.05, 0.1) is 11.3 Å². The molecule has 1 aromatic rings. The minimum Gasteiger partial charge on any atom is -0.478 e. The maximum Gasteiger partial charge on any atom is 0.339 e. The molecule has 0 saturated heterocycles. The summed E-state index contributed by atoms with van der Waals surface area (Å²) in [4.78, 5) is 11.4. The summed E-state index contributed by atoms with van der Waals surface area (Å²) >= 11 is 1.35. The van der Waals surface area contributed by atoms with E-state index in [9.17, 15) is 9.18 Å². The second-order valence-corrected chi connectivity index (χ2v) is 4.92. The predicted molar refractivity (Wildman–Crippen MR) is 58.8 cm³/mol. The van der Waals surface area contributed by atoms with Crippen molar-refractivity contribution in [2.75, 3.05) is 5.73 Å². The third-order valence-electron chi connectivity index (χ3n) is 1.73. The number of hydrogen-bond donors (Lipinski definition) is 2. The Balaban J connectivity index is 3.27. The summed E-state index contributed by atoms with van der Waals surface area (Å²) in [6, 6.07) is 2.63. The lowest BCUT2D eigenvalue weighted by molar-refractivity contribution is 0.0694. The number of benzene rings is 1. The second-order valence-electron chi connectivity index (χ2n) is 3.31. The Morgan fingerprint density at radius 1 is 1.53 bits per heavy atom. The van der Waals surface area contributed by atoms with E-state index in [0.717, 1.165) is 0 Å². The van der Waals surface area contributed by atoms with Crippen LogP contribution in [0.5, 0.6) is 0 Å². The number of aromatic carboxylic acids is 1. The molecule has 1 aromatic carbocycles. The Morgan fingerprint density at radius 3 is 2.60 bits per heavy atom. The quantitative estimate of drug-likeness (QED) is 0.617.